The number of anilines is 1. The van der Waals surface area contributed by atoms with Gasteiger partial charge in [-0.2, -0.15) is 0 Å². The molecule has 1 N–H and O–H groups in total. The summed E-state index contributed by atoms with van der Waals surface area (Å²) in [4.78, 5) is 24.2. The van der Waals surface area contributed by atoms with Crippen LogP contribution in [0.15, 0.2) is 34.8 Å². The highest BCUT2D eigenvalue weighted by Crippen LogP contribution is 2.38. The highest BCUT2D eigenvalue weighted by molar-refractivity contribution is 9.10. The summed E-state index contributed by atoms with van der Waals surface area (Å²) >= 11 is 3.37. The molecule has 27 heavy (non-hydrogen) atoms. The Morgan fingerprint density at radius 1 is 0.963 bits per heavy atom. The largest absolute Gasteiger partial charge is 0.486 e. The van der Waals surface area contributed by atoms with E-state index in [1.165, 1.54) is 6.07 Å². The Balaban J connectivity index is 1.36. The van der Waals surface area contributed by atoms with Gasteiger partial charge < -0.3 is 29.0 Å². The Morgan fingerprint density at radius 2 is 1.67 bits per heavy atom. The molecule has 140 valence electrons. The molecular formula is C18H14BrNO7. The molecule has 0 spiro atoms. The molecule has 0 saturated carbocycles. The number of ether oxygens (including phenoxy) is 5. The second-order valence-electron chi connectivity index (χ2n) is 5.67. The fraction of sp³-hybridized carbons (Fsp3) is 0.222. The van der Waals surface area contributed by atoms with Crippen molar-refractivity contribution in [2.45, 2.75) is 0 Å². The van der Waals surface area contributed by atoms with E-state index in [2.05, 4.69) is 21.2 Å². The molecule has 0 atom stereocenters. The Labute approximate surface area is 162 Å². The van der Waals surface area contributed by atoms with Crippen LogP contribution in [0.1, 0.15) is 10.4 Å². The van der Waals surface area contributed by atoms with Crippen molar-refractivity contribution in [3.05, 3.63) is 40.4 Å². The van der Waals surface area contributed by atoms with E-state index in [1.54, 1.807) is 24.3 Å². The Kier molecular flexibility index (Phi) is 4.76. The molecule has 0 unspecified atom stereocenters. The molecule has 0 aromatic heterocycles. The molecule has 8 nitrogen and oxygen atoms in total. The lowest BCUT2D eigenvalue weighted by molar-refractivity contribution is -0.119. The third-order valence-corrected chi connectivity index (χ3v) is 4.50. The van der Waals surface area contributed by atoms with Crippen LogP contribution in [0.2, 0.25) is 0 Å². The first kappa shape index (κ1) is 17.5. The Hall–Kier alpha value is -2.94. The molecule has 4 rings (SSSR count). The van der Waals surface area contributed by atoms with Gasteiger partial charge in [0.2, 0.25) is 6.79 Å². The maximum Gasteiger partial charge on any atom is 0.338 e. The number of fused-ring (bicyclic) bond motifs is 2. The van der Waals surface area contributed by atoms with Crippen molar-refractivity contribution in [2.75, 3.05) is 31.9 Å². The molecule has 2 aromatic rings. The van der Waals surface area contributed by atoms with Crippen LogP contribution in [-0.4, -0.2) is 38.5 Å². The average Bonchev–Trinajstić information content (AvgIpc) is 3.14. The van der Waals surface area contributed by atoms with Crippen LogP contribution in [0, 0.1) is 0 Å². The van der Waals surface area contributed by atoms with Crippen molar-refractivity contribution in [1.82, 2.24) is 0 Å². The number of nitrogens with one attached hydrogen (secondary N) is 1. The zero-order valence-electron chi connectivity index (χ0n) is 14.0. The minimum atomic E-state index is -0.635. The van der Waals surface area contributed by atoms with Gasteiger partial charge in [0.05, 0.1) is 11.3 Å². The topological polar surface area (TPSA) is 92.3 Å². The minimum Gasteiger partial charge on any atom is -0.486 e. The first-order valence-corrected chi connectivity index (χ1v) is 8.85. The van der Waals surface area contributed by atoms with E-state index in [1.807, 2.05) is 0 Å². The lowest BCUT2D eigenvalue weighted by Gasteiger charge is -2.20. The molecule has 2 aliphatic heterocycles. The number of hydrogen-bond acceptors (Lipinski definition) is 7. The van der Waals surface area contributed by atoms with Gasteiger partial charge in [0, 0.05) is 16.6 Å². The van der Waals surface area contributed by atoms with Gasteiger partial charge >= 0.3 is 5.97 Å². The molecule has 0 fully saturated rings. The molecule has 0 aliphatic carbocycles. The van der Waals surface area contributed by atoms with Gasteiger partial charge in [-0.25, -0.2) is 4.79 Å². The Bertz CT molecular complexity index is 915. The molecule has 2 aromatic carbocycles. The maximum atomic E-state index is 12.1. The smallest absolute Gasteiger partial charge is 0.338 e. The fourth-order valence-electron chi connectivity index (χ4n) is 2.58. The maximum absolute atomic E-state index is 12.1. The highest BCUT2D eigenvalue weighted by Gasteiger charge is 2.19. The summed E-state index contributed by atoms with van der Waals surface area (Å²) in [6, 6.07) is 8.04. The van der Waals surface area contributed by atoms with Gasteiger partial charge in [-0.3, -0.25) is 4.79 Å². The van der Waals surface area contributed by atoms with Gasteiger partial charge in [-0.05, 0) is 34.1 Å². The zero-order valence-corrected chi connectivity index (χ0v) is 15.5. The average molecular weight is 436 g/mol. The van der Waals surface area contributed by atoms with E-state index in [9.17, 15) is 9.59 Å². The van der Waals surface area contributed by atoms with E-state index in [0.29, 0.717) is 46.4 Å². The van der Waals surface area contributed by atoms with E-state index in [-0.39, 0.29) is 12.4 Å². The first-order valence-electron chi connectivity index (χ1n) is 8.06. The molecule has 0 saturated heterocycles. The van der Waals surface area contributed by atoms with Crippen molar-refractivity contribution in [1.29, 1.82) is 0 Å². The number of rotatable bonds is 4. The number of benzene rings is 2. The third kappa shape index (κ3) is 3.77. The predicted octanol–water partition coefficient (Wildman–Crippen LogP) is 2.74. The van der Waals surface area contributed by atoms with Crippen molar-refractivity contribution in [3.63, 3.8) is 0 Å². The quantitative estimate of drug-likeness (QED) is 0.737. The third-order valence-electron chi connectivity index (χ3n) is 3.85. The van der Waals surface area contributed by atoms with Crippen LogP contribution < -0.4 is 24.3 Å². The van der Waals surface area contributed by atoms with E-state index >= 15 is 0 Å². The summed E-state index contributed by atoms with van der Waals surface area (Å²) in [5.74, 6) is 1.05. The van der Waals surface area contributed by atoms with E-state index in [4.69, 9.17) is 23.7 Å². The van der Waals surface area contributed by atoms with Crippen molar-refractivity contribution < 1.29 is 33.3 Å². The summed E-state index contributed by atoms with van der Waals surface area (Å²) in [6.07, 6.45) is 0. The second kappa shape index (κ2) is 7.36. The molecule has 0 bridgehead atoms. The van der Waals surface area contributed by atoms with Gasteiger partial charge in [0.25, 0.3) is 5.91 Å². The normalized spacial score (nSPS) is 13.8. The minimum absolute atomic E-state index is 0.112. The van der Waals surface area contributed by atoms with Gasteiger partial charge in [0.1, 0.15) is 13.2 Å². The number of halogens is 1. The fourth-order valence-corrected chi connectivity index (χ4v) is 3.01. The summed E-state index contributed by atoms with van der Waals surface area (Å²) < 4.78 is 27.0. The van der Waals surface area contributed by atoms with Gasteiger partial charge in [0.15, 0.2) is 29.6 Å². The Morgan fingerprint density at radius 3 is 2.48 bits per heavy atom. The second-order valence-corrected chi connectivity index (χ2v) is 6.52. The highest BCUT2D eigenvalue weighted by atomic mass is 79.9. The molecule has 2 aliphatic rings. The lowest BCUT2D eigenvalue weighted by Crippen LogP contribution is -2.21. The lowest BCUT2D eigenvalue weighted by atomic mass is 10.2. The molecule has 2 heterocycles. The zero-order chi connectivity index (χ0) is 18.8. The van der Waals surface area contributed by atoms with Crippen molar-refractivity contribution in [3.8, 4) is 23.0 Å². The summed E-state index contributed by atoms with van der Waals surface area (Å²) in [5.41, 5.74) is 0.760. The van der Waals surface area contributed by atoms with E-state index in [0.717, 1.165) is 0 Å². The van der Waals surface area contributed by atoms with Crippen LogP contribution in [0.3, 0.4) is 0 Å². The summed E-state index contributed by atoms with van der Waals surface area (Å²) in [7, 11) is 0. The van der Waals surface area contributed by atoms with Crippen LogP contribution in [0.4, 0.5) is 5.69 Å². The van der Waals surface area contributed by atoms with Crippen LogP contribution >= 0.6 is 15.9 Å². The standard InChI is InChI=1S/C18H14BrNO7/c19-11-6-15-16(24-4-3-23-15)7-12(11)20-17(21)8-25-18(22)10-1-2-13-14(5-10)27-9-26-13/h1-2,5-7H,3-4,8-9H2,(H,20,21). The summed E-state index contributed by atoms with van der Waals surface area (Å²) in [6.45, 7) is 0.588. The number of esters is 1. The number of carbonyl (C=O) groups is 2. The predicted molar refractivity (Wildman–Crippen MR) is 96.6 cm³/mol. The van der Waals surface area contributed by atoms with Crippen molar-refractivity contribution >= 4 is 33.5 Å². The SMILES string of the molecule is O=C(COC(=O)c1ccc2c(c1)OCO2)Nc1cc2c(cc1Br)OCCO2. The molecule has 9 heteroatoms. The molecular weight excluding hydrogens is 422 g/mol. The molecule has 1 amide bonds. The van der Waals surface area contributed by atoms with Gasteiger partial charge in [-0.15, -0.1) is 0 Å². The van der Waals surface area contributed by atoms with Crippen molar-refractivity contribution in [2.24, 2.45) is 0 Å². The van der Waals surface area contributed by atoms with Crippen LogP contribution in [-0.2, 0) is 9.53 Å². The van der Waals surface area contributed by atoms with Crippen LogP contribution in [0.5, 0.6) is 23.0 Å². The molecule has 0 radical (unpaired) electrons. The van der Waals surface area contributed by atoms with Crippen LogP contribution in [0.25, 0.3) is 0 Å². The number of amides is 1. The van der Waals surface area contributed by atoms with E-state index < -0.39 is 18.5 Å². The monoisotopic (exact) mass is 435 g/mol. The summed E-state index contributed by atoms with van der Waals surface area (Å²) in [5, 5.41) is 2.67. The number of carbonyl (C=O) groups excluding carboxylic acids is 2. The first-order chi connectivity index (χ1) is 13.1. The van der Waals surface area contributed by atoms with Gasteiger partial charge in [-0.1, -0.05) is 0 Å². The number of hydrogen-bond donors (Lipinski definition) is 1.